The van der Waals surface area contributed by atoms with Crippen LogP contribution in [-0.2, 0) is 9.53 Å². The van der Waals surface area contributed by atoms with Crippen molar-refractivity contribution in [3.8, 4) is 0 Å². The zero-order valence-corrected chi connectivity index (χ0v) is 8.56. The summed E-state index contributed by atoms with van der Waals surface area (Å²) in [6.07, 6.45) is 2.13. The SMILES string of the molecule is CCCCOC(=O)CCSC(N)=O. The lowest BCUT2D eigenvalue weighted by atomic mass is 10.4. The van der Waals surface area contributed by atoms with Gasteiger partial charge in [0.15, 0.2) is 0 Å². The molecule has 0 spiro atoms. The van der Waals surface area contributed by atoms with E-state index in [-0.39, 0.29) is 12.4 Å². The molecule has 0 saturated carbocycles. The van der Waals surface area contributed by atoms with Crippen molar-refractivity contribution in [2.24, 2.45) is 5.73 Å². The van der Waals surface area contributed by atoms with E-state index < -0.39 is 5.24 Å². The van der Waals surface area contributed by atoms with Crippen LogP contribution in [0, 0.1) is 0 Å². The largest absolute Gasteiger partial charge is 0.466 e. The van der Waals surface area contributed by atoms with Gasteiger partial charge in [-0.15, -0.1) is 0 Å². The predicted octanol–water partition coefficient (Wildman–Crippen LogP) is 1.53. The number of hydrogen-bond donors (Lipinski definition) is 1. The Hall–Kier alpha value is -0.710. The molecule has 0 aliphatic heterocycles. The molecule has 5 heteroatoms. The van der Waals surface area contributed by atoms with Crippen LogP contribution in [0.15, 0.2) is 0 Å². The highest BCUT2D eigenvalue weighted by atomic mass is 32.2. The summed E-state index contributed by atoms with van der Waals surface area (Å²) >= 11 is 0.937. The maximum absolute atomic E-state index is 10.9. The minimum atomic E-state index is -0.457. The van der Waals surface area contributed by atoms with E-state index in [0.29, 0.717) is 12.4 Å². The monoisotopic (exact) mass is 205 g/mol. The van der Waals surface area contributed by atoms with Crippen LogP contribution in [0.2, 0.25) is 0 Å². The number of primary amides is 1. The van der Waals surface area contributed by atoms with Crippen molar-refractivity contribution >= 4 is 23.0 Å². The van der Waals surface area contributed by atoms with Crippen molar-refractivity contribution in [2.75, 3.05) is 12.4 Å². The van der Waals surface area contributed by atoms with Crippen molar-refractivity contribution in [3.63, 3.8) is 0 Å². The van der Waals surface area contributed by atoms with Gasteiger partial charge in [0.25, 0.3) is 5.24 Å². The molecule has 1 amide bonds. The average Bonchev–Trinajstić information content (AvgIpc) is 2.04. The Kier molecular flexibility index (Phi) is 7.48. The number of unbranched alkanes of at least 4 members (excludes halogenated alkanes) is 1. The smallest absolute Gasteiger partial charge is 0.306 e. The second-order valence-corrected chi connectivity index (χ2v) is 3.59. The third-order valence-corrected chi connectivity index (χ3v) is 2.00. The Labute approximate surface area is 82.2 Å². The molecule has 0 saturated heterocycles. The quantitative estimate of drug-likeness (QED) is 0.527. The molecule has 0 aromatic carbocycles. The number of amides is 1. The zero-order valence-electron chi connectivity index (χ0n) is 7.75. The number of rotatable bonds is 6. The summed E-state index contributed by atoms with van der Waals surface area (Å²) in [6.45, 7) is 2.49. The molecular formula is C8H15NO3S. The molecule has 0 fully saturated rings. The van der Waals surface area contributed by atoms with Crippen molar-refractivity contribution in [2.45, 2.75) is 26.2 Å². The van der Waals surface area contributed by atoms with Gasteiger partial charge in [0.2, 0.25) is 0 Å². The first-order valence-electron chi connectivity index (χ1n) is 4.24. The molecule has 0 radical (unpaired) electrons. The molecular weight excluding hydrogens is 190 g/mol. The number of ether oxygens (including phenoxy) is 1. The summed E-state index contributed by atoms with van der Waals surface area (Å²) in [6, 6.07) is 0. The van der Waals surface area contributed by atoms with E-state index in [2.05, 4.69) is 0 Å². The molecule has 4 nitrogen and oxygen atoms in total. The molecule has 0 atom stereocenters. The lowest BCUT2D eigenvalue weighted by molar-refractivity contribution is -0.143. The van der Waals surface area contributed by atoms with Gasteiger partial charge in [0, 0.05) is 5.75 Å². The number of carbonyl (C=O) groups excluding carboxylic acids is 2. The van der Waals surface area contributed by atoms with Crippen LogP contribution in [0.25, 0.3) is 0 Å². The van der Waals surface area contributed by atoms with Gasteiger partial charge in [-0.1, -0.05) is 25.1 Å². The van der Waals surface area contributed by atoms with E-state index in [0.717, 1.165) is 24.6 Å². The van der Waals surface area contributed by atoms with E-state index in [9.17, 15) is 9.59 Å². The normalized spacial score (nSPS) is 9.62. The number of esters is 1. The fourth-order valence-electron chi connectivity index (χ4n) is 0.637. The van der Waals surface area contributed by atoms with Gasteiger partial charge in [0.05, 0.1) is 13.0 Å². The fraction of sp³-hybridized carbons (Fsp3) is 0.750. The minimum absolute atomic E-state index is 0.247. The Bertz CT molecular complexity index is 173. The molecule has 2 N–H and O–H groups in total. The van der Waals surface area contributed by atoms with E-state index in [4.69, 9.17) is 10.5 Å². The second kappa shape index (κ2) is 7.91. The van der Waals surface area contributed by atoms with Gasteiger partial charge in [-0.05, 0) is 6.42 Å². The van der Waals surface area contributed by atoms with Gasteiger partial charge in [-0.25, -0.2) is 0 Å². The third-order valence-electron chi connectivity index (χ3n) is 1.31. The maximum atomic E-state index is 10.9. The summed E-state index contributed by atoms with van der Waals surface area (Å²) in [5.74, 6) is 0.141. The molecule has 0 aromatic heterocycles. The Morgan fingerprint density at radius 2 is 2.15 bits per heavy atom. The topological polar surface area (TPSA) is 69.4 Å². The molecule has 13 heavy (non-hydrogen) atoms. The zero-order chi connectivity index (χ0) is 10.1. The molecule has 76 valence electrons. The van der Waals surface area contributed by atoms with Crippen molar-refractivity contribution in [3.05, 3.63) is 0 Å². The minimum Gasteiger partial charge on any atom is -0.466 e. The summed E-state index contributed by atoms with van der Waals surface area (Å²) in [5.41, 5.74) is 4.87. The van der Waals surface area contributed by atoms with Crippen LogP contribution in [0.4, 0.5) is 4.79 Å². The van der Waals surface area contributed by atoms with Gasteiger partial charge in [-0.3, -0.25) is 9.59 Å². The van der Waals surface area contributed by atoms with E-state index in [1.165, 1.54) is 0 Å². The van der Waals surface area contributed by atoms with Crippen LogP contribution in [0.1, 0.15) is 26.2 Å². The lowest BCUT2D eigenvalue weighted by Gasteiger charge is -2.02. The number of nitrogens with two attached hydrogens (primary N) is 1. The molecule has 0 aliphatic carbocycles. The van der Waals surface area contributed by atoms with Gasteiger partial charge >= 0.3 is 5.97 Å². The number of hydrogen-bond acceptors (Lipinski definition) is 4. The number of carbonyl (C=O) groups is 2. The first kappa shape index (κ1) is 12.3. The van der Waals surface area contributed by atoms with Gasteiger partial charge < -0.3 is 10.5 Å². The van der Waals surface area contributed by atoms with Gasteiger partial charge in [-0.2, -0.15) is 0 Å². The Morgan fingerprint density at radius 3 is 2.69 bits per heavy atom. The van der Waals surface area contributed by atoms with E-state index in [1.807, 2.05) is 6.92 Å². The lowest BCUT2D eigenvalue weighted by Crippen LogP contribution is -2.09. The first-order chi connectivity index (χ1) is 6.16. The highest BCUT2D eigenvalue weighted by Crippen LogP contribution is 2.02. The van der Waals surface area contributed by atoms with E-state index in [1.54, 1.807) is 0 Å². The maximum Gasteiger partial charge on any atom is 0.306 e. The molecule has 0 heterocycles. The Balaban J connectivity index is 3.25. The molecule has 0 bridgehead atoms. The van der Waals surface area contributed by atoms with Crippen LogP contribution in [0.3, 0.4) is 0 Å². The standard InChI is InChI=1S/C8H15NO3S/c1-2-3-5-12-7(10)4-6-13-8(9)11/h2-6H2,1H3,(H2,9,11). The molecule has 0 aromatic rings. The van der Waals surface area contributed by atoms with Crippen LogP contribution >= 0.6 is 11.8 Å². The highest BCUT2D eigenvalue weighted by Gasteiger charge is 2.03. The Morgan fingerprint density at radius 1 is 1.46 bits per heavy atom. The molecule has 0 unspecified atom stereocenters. The average molecular weight is 205 g/mol. The van der Waals surface area contributed by atoms with Gasteiger partial charge in [0.1, 0.15) is 0 Å². The molecule has 0 aliphatic rings. The van der Waals surface area contributed by atoms with Crippen molar-refractivity contribution in [1.82, 2.24) is 0 Å². The predicted molar refractivity (Wildman–Crippen MR) is 52.5 cm³/mol. The molecule has 0 rings (SSSR count). The summed E-state index contributed by atoms with van der Waals surface area (Å²) < 4.78 is 4.86. The summed E-state index contributed by atoms with van der Waals surface area (Å²) in [4.78, 5) is 21.2. The van der Waals surface area contributed by atoms with Crippen molar-refractivity contribution in [1.29, 1.82) is 0 Å². The summed E-state index contributed by atoms with van der Waals surface area (Å²) in [5, 5.41) is -0.457. The van der Waals surface area contributed by atoms with Crippen LogP contribution in [-0.4, -0.2) is 23.6 Å². The van der Waals surface area contributed by atoms with E-state index >= 15 is 0 Å². The number of thioether (sulfide) groups is 1. The first-order valence-corrected chi connectivity index (χ1v) is 5.23. The second-order valence-electron chi connectivity index (χ2n) is 2.49. The van der Waals surface area contributed by atoms with Crippen molar-refractivity contribution < 1.29 is 14.3 Å². The summed E-state index contributed by atoms with van der Waals surface area (Å²) in [7, 11) is 0. The highest BCUT2D eigenvalue weighted by molar-refractivity contribution is 8.13. The fourth-order valence-corrected chi connectivity index (χ4v) is 1.11. The third kappa shape index (κ3) is 9.20. The van der Waals surface area contributed by atoms with Crippen LogP contribution in [0.5, 0.6) is 0 Å². The van der Waals surface area contributed by atoms with Crippen LogP contribution < -0.4 is 5.73 Å².